The van der Waals surface area contributed by atoms with E-state index < -0.39 is 97.5 Å². The van der Waals surface area contributed by atoms with Crippen molar-refractivity contribution in [3.63, 3.8) is 0 Å². The van der Waals surface area contributed by atoms with Crippen LogP contribution in [0.2, 0.25) is 0 Å². The maximum atomic E-state index is 13.0. The van der Waals surface area contributed by atoms with Crippen LogP contribution in [0.25, 0.3) is 0 Å². The average molecular weight is 1330 g/mol. The molecule has 0 aromatic carbocycles. The minimum atomic E-state index is -4.95. The van der Waals surface area contributed by atoms with E-state index in [-0.39, 0.29) is 25.7 Å². The van der Waals surface area contributed by atoms with E-state index in [0.717, 1.165) is 114 Å². The van der Waals surface area contributed by atoms with Gasteiger partial charge in [-0.25, -0.2) is 9.13 Å². The topological polar surface area (TPSA) is 237 Å². The molecule has 0 bridgehead atoms. The van der Waals surface area contributed by atoms with Crippen molar-refractivity contribution in [2.75, 3.05) is 39.6 Å². The van der Waals surface area contributed by atoms with Crippen molar-refractivity contribution in [1.82, 2.24) is 0 Å². The van der Waals surface area contributed by atoms with Crippen molar-refractivity contribution < 1.29 is 80.2 Å². The number of esters is 4. The minimum absolute atomic E-state index is 0.103. The van der Waals surface area contributed by atoms with Gasteiger partial charge in [0.1, 0.15) is 19.3 Å². The summed E-state index contributed by atoms with van der Waals surface area (Å²) in [4.78, 5) is 72.6. The molecule has 0 amide bonds. The quantitative estimate of drug-likeness (QED) is 0.0222. The summed E-state index contributed by atoms with van der Waals surface area (Å²) in [5.74, 6) is 0.888. The van der Waals surface area contributed by atoms with Gasteiger partial charge in [-0.1, -0.05) is 299 Å². The molecule has 0 aliphatic carbocycles. The molecule has 0 aromatic rings. The number of hydrogen-bond acceptors (Lipinski definition) is 15. The van der Waals surface area contributed by atoms with Crippen LogP contribution in [-0.4, -0.2) is 96.7 Å². The van der Waals surface area contributed by atoms with Crippen molar-refractivity contribution >= 4 is 39.5 Å². The van der Waals surface area contributed by atoms with E-state index in [1.807, 2.05) is 0 Å². The lowest BCUT2D eigenvalue weighted by atomic mass is 9.99. The molecule has 0 radical (unpaired) electrons. The fourth-order valence-electron chi connectivity index (χ4n) is 10.6. The van der Waals surface area contributed by atoms with Gasteiger partial charge in [0.15, 0.2) is 12.2 Å². The summed E-state index contributed by atoms with van der Waals surface area (Å²) in [7, 11) is -9.90. The zero-order chi connectivity index (χ0) is 66.8. The summed E-state index contributed by atoms with van der Waals surface area (Å²) in [6.45, 7) is 14.1. The first-order valence-corrected chi connectivity index (χ1v) is 39.8. The summed E-state index contributed by atoms with van der Waals surface area (Å²) < 4.78 is 68.3. The van der Waals surface area contributed by atoms with E-state index in [0.29, 0.717) is 31.6 Å². The molecule has 0 aromatic heterocycles. The monoisotopic (exact) mass is 1320 g/mol. The molecule has 0 heterocycles. The number of aliphatic hydroxyl groups is 1. The second kappa shape index (κ2) is 60.7. The van der Waals surface area contributed by atoms with E-state index in [4.69, 9.17) is 37.0 Å². The van der Waals surface area contributed by atoms with E-state index in [2.05, 4.69) is 55.4 Å². The normalized spacial score (nSPS) is 14.9. The molecular weight excluding hydrogens is 1190 g/mol. The highest BCUT2D eigenvalue weighted by Gasteiger charge is 2.30. The molecule has 19 heteroatoms. The predicted octanol–water partition coefficient (Wildman–Crippen LogP) is 20.1. The average Bonchev–Trinajstić information content (AvgIpc) is 2.89. The molecule has 534 valence electrons. The number of phosphoric acid groups is 2. The van der Waals surface area contributed by atoms with E-state index in [9.17, 15) is 43.2 Å². The number of hydrogen-bond donors (Lipinski definition) is 3. The van der Waals surface area contributed by atoms with Crippen LogP contribution >= 0.6 is 15.6 Å². The largest absolute Gasteiger partial charge is 0.472 e. The zero-order valence-corrected chi connectivity index (χ0v) is 60.6. The van der Waals surface area contributed by atoms with Gasteiger partial charge >= 0.3 is 39.5 Å². The minimum Gasteiger partial charge on any atom is -0.462 e. The number of rotatable bonds is 68. The first-order chi connectivity index (χ1) is 43.2. The highest BCUT2D eigenvalue weighted by molar-refractivity contribution is 7.47. The summed E-state index contributed by atoms with van der Waals surface area (Å²) in [5, 5.41) is 10.6. The van der Waals surface area contributed by atoms with Gasteiger partial charge in [0.2, 0.25) is 0 Å². The Morgan fingerprint density at radius 2 is 0.533 bits per heavy atom. The number of carbonyl (C=O) groups is 4. The van der Waals surface area contributed by atoms with Gasteiger partial charge in [0, 0.05) is 25.7 Å². The maximum absolute atomic E-state index is 13.0. The molecule has 17 nitrogen and oxygen atoms in total. The molecule has 5 unspecified atom stereocenters. The van der Waals surface area contributed by atoms with Crippen molar-refractivity contribution in [1.29, 1.82) is 0 Å². The molecule has 0 fully saturated rings. The lowest BCUT2D eigenvalue weighted by Crippen LogP contribution is -2.30. The molecule has 0 aliphatic heterocycles. The third-order valence-corrected chi connectivity index (χ3v) is 18.9. The Balaban J connectivity index is 5.23. The van der Waals surface area contributed by atoms with E-state index in [1.54, 1.807) is 0 Å². The van der Waals surface area contributed by atoms with Crippen LogP contribution in [0.5, 0.6) is 0 Å². The van der Waals surface area contributed by atoms with Crippen LogP contribution < -0.4 is 0 Å². The van der Waals surface area contributed by atoms with Crippen molar-refractivity contribution in [2.45, 2.75) is 369 Å². The highest BCUT2D eigenvalue weighted by atomic mass is 31.2. The SMILES string of the molecule is CCC(C)CCCCCCCCCCCCC(=O)O[C@H](COC(=O)CCCCCCCCCC(C)C)COP(=O)(O)OCC(O)COP(=O)(O)OC[C@@H](COC(=O)CCCCCCCCCCCCCCCC(C)C)OC(=O)CCCCCCCCC(C)CC. The summed E-state index contributed by atoms with van der Waals surface area (Å²) in [6.07, 6.45) is 43.1. The van der Waals surface area contributed by atoms with Crippen LogP contribution in [-0.2, 0) is 65.4 Å². The zero-order valence-electron chi connectivity index (χ0n) is 58.8. The maximum Gasteiger partial charge on any atom is 0.472 e. The molecule has 7 atom stereocenters. The van der Waals surface area contributed by atoms with Gasteiger partial charge in [-0.3, -0.25) is 37.3 Å². The summed E-state index contributed by atoms with van der Waals surface area (Å²) >= 11 is 0. The lowest BCUT2D eigenvalue weighted by Gasteiger charge is -2.21. The Labute approximate surface area is 549 Å². The molecular formula is C71H138O17P2. The second-order valence-electron chi connectivity index (χ2n) is 27.1. The number of phosphoric ester groups is 2. The molecule has 3 N–H and O–H groups in total. The fourth-order valence-corrected chi connectivity index (χ4v) is 12.2. The Bertz CT molecular complexity index is 1790. The first-order valence-electron chi connectivity index (χ1n) is 36.8. The van der Waals surface area contributed by atoms with Crippen LogP contribution in [0.3, 0.4) is 0 Å². The van der Waals surface area contributed by atoms with Gasteiger partial charge in [-0.2, -0.15) is 0 Å². The third kappa shape index (κ3) is 62.2. The van der Waals surface area contributed by atoms with E-state index >= 15 is 0 Å². The second-order valence-corrected chi connectivity index (χ2v) is 30.0. The smallest absolute Gasteiger partial charge is 0.462 e. The molecule has 0 aliphatic rings. The van der Waals surface area contributed by atoms with Gasteiger partial charge < -0.3 is 33.8 Å². The van der Waals surface area contributed by atoms with Gasteiger partial charge in [-0.05, 0) is 49.4 Å². The van der Waals surface area contributed by atoms with Crippen LogP contribution in [0, 0.1) is 23.7 Å². The summed E-state index contributed by atoms with van der Waals surface area (Å²) in [6, 6.07) is 0. The number of carbonyl (C=O) groups excluding carboxylic acids is 4. The summed E-state index contributed by atoms with van der Waals surface area (Å²) in [5.41, 5.74) is 0. The van der Waals surface area contributed by atoms with Crippen LogP contribution in [0.15, 0.2) is 0 Å². The Morgan fingerprint density at radius 3 is 0.789 bits per heavy atom. The van der Waals surface area contributed by atoms with Gasteiger partial charge in [0.25, 0.3) is 0 Å². The molecule has 0 saturated carbocycles. The Kier molecular flexibility index (Phi) is 59.4. The van der Waals surface area contributed by atoms with Crippen molar-refractivity contribution in [3.8, 4) is 0 Å². The lowest BCUT2D eigenvalue weighted by molar-refractivity contribution is -0.161. The number of ether oxygens (including phenoxy) is 4. The van der Waals surface area contributed by atoms with E-state index in [1.165, 1.54) is 148 Å². The van der Waals surface area contributed by atoms with Crippen LogP contribution in [0.1, 0.15) is 351 Å². The fraction of sp³-hybridized carbons (Fsp3) is 0.944. The van der Waals surface area contributed by atoms with Crippen molar-refractivity contribution in [2.24, 2.45) is 23.7 Å². The van der Waals surface area contributed by atoms with Crippen LogP contribution in [0.4, 0.5) is 0 Å². The predicted molar refractivity (Wildman–Crippen MR) is 363 cm³/mol. The first kappa shape index (κ1) is 88.1. The highest BCUT2D eigenvalue weighted by Crippen LogP contribution is 2.45. The van der Waals surface area contributed by atoms with Gasteiger partial charge in [-0.15, -0.1) is 0 Å². The molecule has 0 rings (SSSR count). The standard InChI is InChI=1S/C71H138O17P2/c1-9-63(7)49-41-33-25-19-16-17-21-27-37-45-53-70(75)87-66(57-82-69(74)52-44-36-28-22-24-32-40-48-62(5)6)59-85-89(77,78)83-55-65(72)56-84-90(79,80)86-60-67(88-71(76)54-46-38-30-29-34-42-50-64(8)10-2)58-81-68(73)51-43-35-26-20-15-13-11-12-14-18-23-31-39-47-61(3)4/h61-67,72H,9-60H2,1-8H3,(H,77,78)(H,79,80)/t63?,64?,65?,66-,67-/m1/s1. The van der Waals surface area contributed by atoms with Gasteiger partial charge in [0.05, 0.1) is 26.4 Å². The number of aliphatic hydroxyl groups excluding tert-OH is 1. The Hall–Kier alpha value is -1.94. The molecule has 90 heavy (non-hydrogen) atoms. The number of unbranched alkanes of at least 4 members (excludes halogenated alkanes) is 32. The van der Waals surface area contributed by atoms with Crippen molar-refractivity contribution in [3.05, 3.63) is 0 Å². The Morgan fingerprint density at radius 1 is 0.311 bits per heavy atom. The molecule has 0 spiro atoms. The molecule has 0 saturated heterocycles. The third-order valence-electron chi connectivity index (χ3n) is 17.0.